The number of para-hydroxylation sites is 1. The summed E-state index contributed by atoms with van der Waals surface area (Å²) in [4.78, 5) is 10.8. The molecule has 0 unspecified atom stereocenters. The summed E-state index contributed by atoms with van der Waals surface area (Å²) < 4.78 is 2.41. The molecule has 0 radical (unpaired) electrons. The highest BCUT2D eigenvalue weighted by Gasteiger charge is 2.25. The molecule has 3 heteroatoms. The van der Waals surface area contributed by atoms with Crippen LogP contribution in [0.5, 0.6) is 0 Å². The van der Waals surface area contributed by atoms with Crippen LogP contribution < -0.4 is 0 Å². The third-order valence-electron chi connectivity index (χ3n) is 9.31. The monoisotopic (exact) mass is 571 g/mol. The van der Waals surface area contributed by atoms with Crippen LogP contribution in [0.25, 0.3) is 94.1 Å². The lowest BCUT2D eigenvalue weighted by Gasteiger charge is -2.16. The second kappa shape index (κ2) is 9.22. The Balaban J connectivity index is 1.36. The van der Waals surface area contributed by atoms with Crippen LogP contribution in [0.3, 0.4) is 0 Å². The van der Waals surface area contributed by atoms with Crippen molar-refractivity contribution in [1.82, 2.24) is 14.5 Å². The van der Waals surface area contributed by atoms with Gasteiger partial charge in [-0.25, -0.2) is 9.97 Å². The van der Waals surface area contributed by atoms with E-state index in [-0.39, 0.29) is 0 Å². The minimum atomic E-state index is 0.871. The van der Waals surface area contributed by atoms with Gasteiger partial charge < -0.3 is 4.57 Å². The molecule has 0 saturated heterocycles. The minimum absolute atomic E-state index is 0.871. The average Bonchev–Trinajstić information content (AvgIpc) is 3.39. The van der Waals surface area contributed by atoms with Crippen molar-refractivity contribution in [2.75, 3.05) is 0 Å². The molecule has 7 aromatic carbocycles. The van der Waals surface area contributed by atoms with Gasteiger partial charge in [-0.3, -0.25) is 0 Å². The lowest BCUT2D eigenvalue weighted by molar-refractivity contribution is 1.17. The number of aromatic nitrogens is 3. The van der Waals surface area contributed by atoms with Crippen molar-refractivity contribution < 1.29 is 0 Å². The van der Waals surface area contributed by atoms with E-state index in [1.54, 1.807) is 0 Å². The molecule has 45 heavy (non-hydrogen) atoms. The molecule has 2 heterocycles. The predicted molar refractivity (Wildman–Crippen MR) is 187 cm³/mol. The third kappa shape index (κ3) is 3.41. The maximum Gasteiger partial charge on any atom is 0.113 e. The van der Waals surface area contributed by atoms with E-state index >= 15 is 0 Å². The Labute approximate surface area is 259 Å². The SMILES string of the molecule is c1ccc(-c2nc3cccc(-n4c5cccc6c5c5c7c(cccc7ccc54)-c4ccccc4-6)c3nc2-c2ccccc2)cc1. The van der Waals surface area contributed by atoms with Crippen molar-refractivity contribution in [2.45, 2.75) is 0 Å². The van der Waals surface area contributed by atoms with Gasteiger partial charge in [0.25, 0.3) is 0 Å². The van der Waals surface area contributed by atoms with Gasteiger partial charge in [-0.1, -0.05) is 127 Å². The Morgan fingerprint density at radius 1 is 0.378 bits per heavy atom. The van der Waals surface area contributed by atoms with Crippen LogP contribution in [0.2, 0.25) is 0 Å². The molecule has 0 fully saturated rings. The number of benzene rings is 7. The maximum atomic E-state index is 5.46. The van der Waals surface area contributed by atoms with E-state index in [2.05, 4.69) is 144 Å². The van der Waals surface area contributed by atoms with Gasteiger partial charge in [0, 0.05) is 21.9 Å². The summed E-state index contributed by atoms with van der Waals surface area (Å²) in [7, 11) is 0. The van der Waals surface area contributed by atoms with Crippen LogP contribution in [0.4, 0.5) is 0 Å². The smallest absolute Gasteiger partial charge is 0.113 e. The first-order chi connectivity index (χ1) is 22.3. The van der Waals surface area contributed by atoms with Gasteiger partial charge in [0.1, 0.15) is 5.52 Å². The zero-order valence-electron chi connectivity index (χ0n) is 24.3. The van der Waals surface area contributed by atoms with E-state index in [4.69, 9.17) is 9.97 Å². The lowest BCUT2D eigenvalue weighted by atomic mass is 9.93. The van der Waals surface area contributed by atoms with Gasteiger partial charge in [0.2, 0.25) is 0 Å². The highest BCUT2D eigenvalue weighted by atomic mass is 15.0. The highest BCUT2D eigenvalue weighted by molar-refractivity contribution is 6.30. The number of rotatable bonds is 3. The second-order valence-electron chi connectivity index (χ2n) is 11.7. The van der Waals surface area contributed by atoms with E-state index in [0.717, 1.165) is 39.2 Å². The third-order valence-corrected chi connectivity index (χ3v) is 9.31. The largest absolute Gasteiger partial charge is 0.307 e. The molecule has 1 aliphatic carbocycles. The fourth-order valence-corrected chi connectivity index (χ4v) is 7.43. The van der Waals surface area contributed by atoms with Crippen molar-refractivity contribution in [1.29, 1.82) is 0 Å². The molecule has 9 aromatic rings. The first kappa shape index (κ1) is 24.4. The average molecular weight is 572 g/mol. The summed E-state index contributed by atoms with van der Waals surface area (Å²) in [6.45, 7) is 0. The molecular formula is C42H25N3. The first-order valence-corrected chi connectivity index (χ1v) is 15.4. The summed E-state index contributed by atoms with van der Waals surface area (Å²) in [5, 5.41) is 5.13. The van der Waals surface area contributed by atoms with E-state index < -0.39 is 0 Å². The first-order valence-electron chi connectivity index (χ1n) is 15.4. The molecule has 208 valence electrons. The molecule has 0 saturated carbocycles. The zero-order valence-corrected chi connectivity index (χ0v) is 24.3. The van der Waals surface area contributed by atoms with Crippen LogP contribution in [0.1, 0.15) is 0 Å². The topological polar surface area (TPSA) is 30.7 Å². The second-order valence-corrected chi connectivity index (χ2v) is 11.7. The number of hydrogen-bond donors (Lipinski definition) is 0. The molecule has 2 aromatic heterocycles. The van der Waals surface area contributed by atoms with Crippen molar-refractivity contribution in [3.63, 3.8) is 0 Å². The van der Waals surface area contributed by atoms with Crippen LogP contribution in [-0.2, 0) is 0 Å². The van der Waals surface area contributed by atoms with E-state index in [1.807, 2.05) is 12.1 Å². The normalized spacial score (nSPS) is 12.0. The van der Waals surface area contributed by atoms with Crippen molar-refractivity contribution in [3.8, 4) is 50.5 Å². The van der Waals surface area contributed by atoms with Gasteiger partial charge in [-0.2, -0.15) is 0 Å². The maximum absolute atomic E-state index is 5.46. The van der Waals surface area contributed by atoms with Crippen molar-refractivity contribution >= 4 is 43.6 Å². The molecule has 3 nitrogen and oxygen atoms in total. The van der Waals surface area contributed by atoms with E-state index in [1.165, 1.54) is 54.8 Å². The Bertz CT molecular complexity index is 2630. The van der Waals surface area contributed by atoms with Gasteiger partial charge >= 0.3 is 0 Å². The molecule has 0 bridgehead atoms. The Kier molecular flexibility index (Phi) is 5.00. The fourth-order valence-electron chi connectivity index (χ4n) is 7.43. The van der Waals surface area contributed by atoms with Crippen LogP contribution in [0.15, 0.2) is 152 Å². The van der Waals surface area contributed by atoms with Gasteiger partial charge in [0.15, 0.2) is 0 Å². The molecular weight excluding hydrogens is 546 g/mol. The number of nitrogens with zero attached hydrogens (tertiary/aromatic N) is 3. The number of fused-ring (bicyclic) bond motifs is 4. The van der Waals surface area contributed by atoms with Crippen molar-refractivity contribution in [2.24, 2.45) is 0 Å². The quantitative estimate of drug-likeness (QED) is 0.211. The summed E-state index contributed by atoms with van der Waals surface area (Å²) in [6, 6.07) is 54.0. The molecule has 0 spiro atoms. The van der Waals surface area contributed by atoms with Gasteiger partial charge in [-0.05, 0) is 57.3 Å². The lowest BCUT2D eigenvalue weighted by Crippen LogP contribution is -2.01. The standard InChI is InChI=1S/C42H25N3/c1-3-12-27(13-4-1)40-41(28-14-5-2-6-15-28)44-42-33(43-40)21-11-23-36(42)45-34-22-10-20-32-30-18-8-7-17-29(30)31-19-9-16-26-24-25-35(45)39(37(26)31)38(32)34/h1-25H. The fraction of sp³-hybridized carbons (Fsp3) is 0. The van der Waals surface area contributed by atoms with Crippen LogP contribution >= 0.6 is 0 Å². The summed E-state index contributed by atoms with van der Waals surface area (Å²) in [6.07, 6.45) is 0. The van der Waals surface area contributed by atoms with Gasteiger partial charge in [-0.15, -0.1) is 0 Å². The Hall–Kier alpha value is -6.06. The Morgan fingerprint density at radius 2 is 0.956 bits per heavy atom. The zero-order chi connectivity index (χ0) is 29.5. The highest BCUT2D eigenvalue weighted by Crippen LogP contribution is 2.49. The molecule has 10 rings (SSSR count). The van der Waals surface area contributed by atoms with E-state index in [0.29, 0.717) is 0 Å². The molecule has 0 aliphatic heterocycles. The summed E-state index contributed by atoms with van der Waals surface area (Å²) >= 11 is 0. The summed E-state index contributed by atoms with van der Waals surface area (Å²) in [5.74, 6) is 0. The summed E-state index contributed by atoms with van der Waals surface area (Å²) in [5.41, 5.74) is 14.1. The molecule has 1 aliphatic rings. The predicted octanol–water partition coefficient (Wildman–Crippen LogP) is 10.9. The minimum Gasteiger partial charge on any atom is -0.307 e. The molecule has 0 atom stereocenters. The van der Waals surface area contributed by atoms with E-state index in [9.17, 15) is 0 Å². The van der Waals surface area contributed by atoms with Gasteiger partial charge in [0.05, 0.1) is 33.6 Å². The Morgan fingerprint density at radius 3 is 1.69 bits per heavy atom. The molecule has 0 amide bonds. The van der Waals surface area contributed by atoms with Crippen LogP contribution in [-0.4, -0.2) is 14.5 Å². The van der Waals surface area contributed by atoms with Crippen LogP contribution in [0, 0.1) is 0 Å². The van der Waals surface area contributed by atoms with Crippen molar-refractivity contribution in [3.05, 3.63) is 152 Å². The number of hydrogen-bond acceptors (Lipinski definition) is 2. The molecule has 0 N–H and O–H groups in total.